The Hall–Kier alpha value is -0.0800. The topological polar surface area (TPSA) is 29.5 Å². The average molecular weight is 172 g/mol. The van der Waals surface area contributed by atoms with Crippen molar-refractivity contribution in [2.45, 2.75) is 38.5 Å². The zero-order valence-corrected chi connectivity index (χ0v) is 8.01. The molecule has 0 spiro atoms. The maximum atomic E-state index is 9.32. The van der Waals surface area contributed by atoms with Gasteiger partial charge in [-0.3, -0.25) is 0 Å². The van der Waals surface area contributed by atoms with Gasteiger partial charge in [-0.1, -0.05) is 25.7 Å². The number of ether oxygens (including phenoxy) is 1. The average Bonchev–Trinajstić information content (AvgIpc) is 2.32. The molecule has 0 saturated heterocycles. The van der Waals surface area contributed by atoms with Crippen LogP contribution in [0.25, 0.3) is 0 Å². The van der Waals surface area contributed by atoms with Crippen molar-refractivity contribution in [3.63, 3.8) is 0 Å². The molecule has 1 aliphatic carbocycles. The van der Waals surface area contributed by atoms with Crippen LogP contribution in [0.4, 0.5) is 0 Å². The van der Waals surface area contributed by atoms with Crippen molar-refractivity contribution in [3.8, 4) is 0 Å². The minimum Gasteiger partial charge on any atom is -0.396 e. The molecule has 0 aromatic heterocycles. The molecule has 2 heteroatoms. The molecule has 0 aromatic rings. The summed E-state index contributed by atoms with van der Waals surface area (Å²) >= 11 is 0. The standard InChI is InChI=1S/C10H20O2/c1-12-9-10(8-11)6-4-2-3-5-7-10/h11H,2-9H2,1H3. The van der Waals surface area contributed by atoms with E-state index in [-0.39, 0.29) is 5.41 Å². The molecule has 0 aromatic carbocycles. The monoisotopic (exact) mass is 172 g/mol. The number of hydrogen-bond acceptors (Lipinski definition) is 2. The van der Waals surface area contributed by atoms with E-state index < -0.39 is 0 Å². The number of hydrogen-bond donors (Lipinski definition) is 1. The molecule has 1 N–H and O–H groups in total. The quantitative estimate of drug-likeness (QED) is 0.659. The van der Waals surface area contributed by atoms with E-state index in [4.69, 9.17) is 4.74 Å². The Morgan fingerprint density at radius 2 is 1.75 bits per heavy atom. The summed E-state index contributed by atoms with van der Waals surface area (Å²) in [6.07, 6.45) is 7.43. The summed E-state index contributed by atoms with van der Waals surface area (Å²) in [6.45, 7) is 1.02. The highest BCUT2D eigenvalue weighted by atomic mass is 16.5. The molecule has 2 nitrogen and oxygen atoms in total. The summed E-state index contributed by atoms with van der Waals surface area (Å²) in [5, 5.41) is 9.32. The molecule has 0 atom stereocenters. The first kappa shape index (κ1) is 10.0. The predicted octanol–water partition coefficient (Wildman–Crippen LogP) is 1.97. The van der Waals surface area contributed by atoms with Gasteiger partial charge in [-0.15, -0.1) is 0 Å². The Kier molecular flexibility index (Phi) is 4.02. The summed E-state index contributed by atoms with van der Waals surface area (Å²) in [5.41, 5.74) is 0.0885. The van der Waals surface area contributed by atoms with E-state index in [2.05, 4.69) is 0 Å². The SMILES string of the molecule is COCC1(CO)CCCCCC1. The molecular formula is C10H20O2. The lowest BCUT2D eigenvalue weighted by molar-refractivity contribution is 0.0182. The third-order valence-corrected chi connectivity index (χ3v) is 2.95. The van der Waals surface area contributed by atoms with Gasteiger partial charge in [0.25, 0.3) is 0 Å². The second-order valence-electron chi connectivity index (χ2n) is 4.01. The van der Waals surface area contributed by atoms with Gasteiger partial charge in [0.05, 0.1) is 13.2 Å². The fourth-order valence-electron chi connectivity index (χ4n) is 2.13. The van der Waals surface area contributed by atoms with Gasteiger partial charge in [-0.25, -0.2) is 0 Å². The zero-order chi connectivity index (χ0) is 8.86. The van der Waals surface area contributed by atoms with Crippen LogP contribution in [0.15, 0.2) is 0 Å². The first-order valence-electron chi connectivity index (χ1n) is 4.93. The highest BCUT2D eigenvalue weighted by Gasteiger charge is 2.29. The van der Waals surface area contributed by atoms with Gasteiger partial charge < -0.3 is 9.84 Å². The van der Waals surface area contributed by atoms with Gasteiger partial charge in [0.15, 0.2) is 0 Å². The van der Waals surface area contributed by atoms with Gasteiger partial charge in [0.2, 0.25) is 0 Å². The fourth-order valence-corrected chi connectivity index (χ4v) is 2.13. The van der Waals surface area contributed by atoms with Gasteiger partial charge in [-0.2, -0.15) is 0 Å². The zero-order valence-electron chi connectivity index (χ0n) is 8.01. The summed E-state index contributed by atoms with van der Waals surface area (Å²) in [4.78, 5) is 0. The van der Waals surface area contributed by atoms with Gasteiger partial charge in [0.1, 0.15) is 0 Å². The molecule has 0 unspecified atom stereocenters. The first-order valence-corrected chi connectivity index (χ1v) is 4.93. The lowest BCUT2D eigenvalue weighted by Crippen LogP contribution is -2.30. The predicted molar refractivity (Wildman–Crippen MR) is 49.1 cm³/mol. The van der Waals surface area contributed by atoms with Crippen LogP contribution in [0.5, 0.6) is 0 Å². The third kappa shape index (κ3) is 2.46. The molecule has 1 rings (SSSR count). The van der Waals surface area contributed by atoms with E-state index in [1.807, 2.05) is 0 Å². The van der Waals surface area contributed by atoms with Gasteiger partial charge >= 0.3 is 0 Å². The van der Waals surface area contributed by atoms with E-state index in [9.17, 15) is 5.11 Å². The van der Waals surface area contributed by atoms with Crippen LogP contribution in [-0.4, -0.2) is 25.4 Å². The van der Waals surface area contributed by atoms with Crippen molar-refractivity contribution in [2.75, 3.05) is 20.3 Å². The van der Waals surface area contributed by atoms with Crippen LogP contribution in [-0.2, 0) is 4.74 Å². The Morgan fingerprint density at radius 3 is 2.17 bits per heavy atom. The lowest BCUT2D eigenvalue weighted by atomic mass is 9.82. The van der Waals surface area contributed by atoms with Crippen LogP contribution in [0.1, 0.15) is 38.5 Å². The molecular weight excluding hydrogens is 152 g/mol. The maximum absolute atomic E-state index is 9.32. The summed E-state index contributed by atoms with van der Waals surface area (Å²) in [5.74, 6) is 0. The smallest absolute Gasteiger partial charge is 0.0540 e. The molecule has 0 heterocycles. The molecule has 1 aliphatic rings. The Balaban J connectivity index is 2.48. The minimum absolute atomic E-state index is 0.0885. The largest absolute Gasteiger partial charge is 0.396 e. The molecule has 1 saturated carbocycles. The number of methoxy groups -OCH3 is 1. The van der Waals surface area contributed by atoms with Crippen molar-refractivity contribution in [3.05, 3.63) is 0 Å². The van der Waals surface area contributed by atoms with Crippen LogP contribution in [0.2, 0.25) is 0 Å². The summed E-state index contributed by atoms with van der Waals surface area (Å²) < 4.78 is 5.17. The molecule has 0 radical (unpaired) electrons. The van der Waals surface area contributed by atoms with Gasteiger partial charge in [-0.05, 0) is 12.8 Å². The second-order valence-corrected chi connectivity index (χ2v) is 4.01. The van der Waals surface area contributed by atoms with E-state index in [0.29, 0.717) is 6.61 Å². The molecule has 72 valence electrons. The van der Waals surface area contributed by atoms with Crippen LogP contribution in [0, 0.1) is 5.41 Å². The van der Waals surface area contributed by atoms with Crippen LogP contribution in [0.3, 0.4) is 0 Å². The molecule has 0 bridgehead atoms. The minimum atomic E-state index is 0.0885. The molecule has 0 aliphatic heterocycles. The maximum Gasteiger partial charge on any atom is 0.0540 e. The third-order valence-electron chi connectivity index (χ3n) is 2.95. The van der Waals surface area contributed by atoms with E-state index >= 15 is 0 Å². The Morgan fingerprint density at radius 1 is 1.17 bits per heavy atom. The summed E-state index contributed by atoms with van der Waals surface area (Å²) in [7, 11) is 1.72. The normalized spacial score (nSPS) is 23.5. The molecule has 0 amide bonds. The first-order chi connectivity index (χ1) is 5.83. The van der Waals surface area contributed by atoms with Crippen molar-refractivity contribution < 1.29 is 9.84 Å². The van der Waals surface area contributed by atoms with Crippen LogP contribution >= 0.6 is 0 Å². The Bertz CT molecular complexity index is 115. The number of rotatable bonds is 3. The number of aliphatic hydroxyl groups is 1. The highest BCUT2D eigenvalue weighted by molar-refractivity contribution is 4.80. The van der Waals surface area contributed by atoms with Crippen molar-refractivity contribution in [1.82, 2.24) is 0 Å². The number of aliphatic hydroxyl groups excluding tert-OH is 1. The van der Waals surface area contributed by atoms with Gasteiger partial charge in [0, 0.05) is 12.5 Å². The van der Waals surface area contributed by atoms with E-state index in [1.54, 1.807) is 7.11 Å². The van der Waals surface area contributed by atoms with Crippen LogP contribution < -0.4 is 0 Å². The lowest BCUT2D eigenvalue weighted by Gasteiger charge is -2.29. The summed E-state index contributed by atoms with van der Waals surface area (Å²) in [6, 6.07) is 0. The van der Waals surface area contributed by atoms with Crippen molar-refractivity contribution in [2.24, 2.45) is 5.41 Å². The van der Waals surface area contributed by atoms with E-state index in [0.717, 1.165) is 19.4 Å². The Labute approximate surface area is 74.9 Å². The van der Waals surface area contributed by atoms with E-state index in [1.165, 1.54) is 25.7 Å². The second kappa shape index (κ2) is 4.83. The highest BCUT2D eigenvalue weighted by Crippen LogP contribution is 2.34. The molecule has 1 fully saturated rings. The van der Waals surface area contributed by atoms with Crippen molar-refractivity contribution >= 4 is 0 Å². The van der Waals surface area contributed by atoms with Crippen molar-refractivity contribution in [1.29, 1.82) is 0 Å². The molecule has 12 heavy (non-hydrogen) atoms. The fraction of sp³-hybridized carbons (Fsp3) is 1.00.